The van der Waals surface area contributed by atoms with E-state index in [1.54, 1.807) is 30.4 Å². The number of rotatable bonds is 8. The van der Waals surface area contributed by atoms with E-state index in [1.807, 2.05) is 24.3 Å². The number of carbonyl (C=O) groups excluding carboxylic acids is 1. The SMILES string of the molecule is CC(=O)c1ccc2c(Cc3ccc(OCCN4CCCCC4)cc3)c(-c3ccc(O)cc3)sc2c1. The Balaban J connectivity index is 1.36. The number of nitrogens with zero attached hydrogens (tertiary/aromatic N) is 1. The van der Waals surface area contributed by atoms with E-state index in [0.717, 1.165) is 41.1 Å². The van der Waals surface area contributed by atoms with E-state index in [-0.39, 0.29) is 11.5 Å². The van der Waals surface area contributed by atoms with Crippen molar-refractivity contribution in [2.24, 2.45) is 0 Å². The standard InChI is InChI=1S/C30H31NO3S/c1-21(32)24-9-14-27-28(30(35-29(27)20-24)23-7-10-25(33)11-8-23)19-22-5-12-26(13-6-22)34-18-17-31-15-3-2-4-16-31/h5-14,20,33H,2-4,15-19H2,1H3. The van der Waals surface area contributed by atoms with E-state index in [4.69, 9.17) is 4.74 Å². The largest absolute Gasteiger partial charge is 0.508 e. The average molecular weight is 486 g/mol. The van der Waals surface area contributed by atoms with Crippen molar-refractivity contribution < 1.29 is 14.6 Å². The molecule has 0 aliphatic carbocycles. The van der Waals surface area contributed by atoms with Gasteiger partial charge < -0.3 is 9.84 Å². The Hall–Kier alpha value is -3.15. The Morgan fingerprint density at radius 3 is 2.43 bits per heavy atom. The Bertz CT molecular complexity index is 1300. The van der Waals surface area contributed by atoms with Crippen molar-refractivity contribution in [2.75, 3.05) is 26.2 Å². The highest BCUT2D eigenvalue weighted by Gasteiger charge is 2.16. The number of hydrogen-bond donors (Lipinski definition) is 1. The van der Waals surface area contributed by atoms with Gasteiger partial charge in [-0.1, -0.05) is 30.7 Å². The molecule has 1 aromatic heterocycles. The van der Waals surface area contributed by atoms with Crippen molar-refractivity contribution in [3.8, 4) is 21.9 Å². The summed E-state index contributed by atoms with van der Waals surface area (Å²) >= 11 is 1.70. The molecule has 0 bridgehead atoms. The van der Waals surface area contributed by atoms with Gasteiger partial charge in [-0.3, -0.25) is 9.69 Å². The normalized spacial score (nSPS) is 14.3. The summed E-state index contributed by atoms with van der Waals surface area (Å²) in [5, 5.41) is 10.9. The maximum atomic E-state index is 11.9. The molecule has 1 fully saturated rings. The van der Waals surface area contributed by atoms with Crippen molar-refractivity contribution in [3.05, 3.63) is 83.4 Å². The number of carbonyl (C=O) groups is 1. The molecular formula is C30H31NO3S. The predicted octanol–water partition coefficient (Wildman–Crippen LogP) is 6.93. The summed E-state index contributed by atoms with van der Waals surface area (Å²) in [6.45, 7) is 5.69. The molecule has 35 heavy (non-hydrogen) atoms. The highest BCUT2D eigenvalue weighted by Crippen LogP contribution is 2.41. The second-order valence-electron chi connectivity index (χ2n) is 9.30. The molecule has 4 aromatic rings. The number of piperidine rings is 1. The molecule has 1 aliphatic heterocycles. The molecule has 0 radical (unpaired) electrons. The number of phenols is 1. The molecule has 1 saturated heterocycles. The molecule has 1 aliphatic rings. The van der Waals surface area contributed by atoms with E-state index in [0.29, 0.717) is 0 Å². The number of likely N-dealkylation sites (tertiary alicyclic amines) is 1. The van der Waals surface area contributed by atoms with Crippen LogP contribution in [0.3, 0.4) is 0 Å². The quantitative estimate of drug-likeness (QED) is 0.275. The van der Waals surface area contributed by atoms with Gasteiger partial charge in [0, 0.05) is 21.7 Å². The molecule has 5 rings (SSSR count). The number of phenolic OH excluding ortho intramolecular Hbond substituents is 1. The third-order valence-corrected chi connectivity index (χ3v) is 8.00. The van der Waals surface area contributed by atoms with Crippen LogP contribution in [0.2, 0.25) is 0 Å². The van der Waals surface area contributed by atoms with Crippen LogP contribution >= 0.6 is 11.3 Å². The van der Waals surface area contributed by atoms with Crippen LogP contribution in [-0.4, -0.2) is 42.0 Å². The first-order chi connectivity index (χ1) is 17.1. The van der Waals surface area contributed by atoms with Crippen molar-refractivity contribution in [1.29, 1.82) is 0 Å². The topological polar surface area (TPSA) is 49.8 Å². The number of thiophene rings is 1. The number of aromatic hydroxyl groups is 1. The van der Waals surface area contributed by atoms with Crippen LogP contribution in [0.5, 0.6) is 11.5 Å². The second kappa shape index (κ2) is 10.6. The lowest BCUT2D eigenvalue weighted by Crippen LogP contribution is -2.33. The van der Waals surface area contributed by atoms with Crippen molar-refractivity contribution in [2.45, 2.75) is 32.6 Å². The maximum absolute atomic E-state index is 11.9. The Morgan fingerprint density at radius 1 is 0.971 bits per heavy atom. The maximum Gasteiger partial charge on any atom is 0.159 e. The van der Waals surface area contributed by atoms with Gasteiger partial charge in [0.1, 0.15) is 18.1 Å². The molecular weight excluding hydrogens is 454 g/mol. The fourth-order valence-corrected chi connectivity index (χ4v) is 6.04. The fourth-order valence-electron chi connectivity index (χ4n) is 4.77. The zero-order valence-corrected chi connectivity index (χ0v) is 20.9. The number of fused-ring (bicyclic) bond motifs is 1. The molecule has 4 nitrogen and oxygen atoms in total. The van der Waals surface area contributed by atoms with Gasteiger partial charge in [0.2, 0.25) is 0 Å². The summed E-state index contributed by atoms with van der Waals surface area (Å²) in [7, 11) is 0. The summed E-state index contributed by atoms with van der Waals surface area (Å²) in [5.74, 6) is 1.24. The Morgan fingerprint density at radius 2 is 1.71 bits per heavy atom. The molecule has 0 saturated carbocycles. The third-order valence-electron chi connectivity index (χ3n) is 6.76. The monoisotopic (exact) mass is 485 g/mol. The van der Waals surface area contributed by atoms with Gasteiger partial charge >= 0.3 is 0 Å². The van der Waals surface area contributed by atoms with Gasteiger partial charge in [0.25, 0.3) is 0 Å². The number of Topliss-reactive ketones (excluding diaryl/α,β-unsaturated/α-hetero) is 1. The lowest BCUT2D eigenvalue weighted by Gasteiger charge is -2.26. The molecule has 0 unspecified atom stereocenters. The van der Waals surface area contributed by atoms with Gasteiger partial charge in [0.05, 0.1) is 0 Å². The first kappa shape index (κ1) is 23.6. The molecule has 2 heterocycles. The van der Waals surface area contributed by atoms with E-state index in [2.05, 4.69) is 35.2 Å². The zero-order valence-electron chi connectivity index (χ0n) is 20.1. The van der Waals surface area contributed by atoms with Gasteiger partial charge in [-0.15, -0.1) is 11.3 Å². The molecule has 0 atom stereocenters. The lowest BCUT2D eigenvalue weighted by molar-refractivity contribution is 0.101. The number of ketones is 1. The number of benzene rings is 3. The average Bonchev–Trinajstić information content (AvgIpc) is 3.23. The fraction of sp³-hybridized carbons (Fsp3) is 0.300. The van der Waals surface area contributed by atoms with Crippen LogP contribution in [0.4, 0.5) is 0 Å². The summed E-state index contributed by atoms with van der Waals surface area (Å²) in [6.07, 6.45) is 4.73. The van der Waals surface area contributed by atoms with Crippen LogP contribution < -0.4 is 4.74 Å². The highest BCUT2D eigenvalue weighted by molar-refractivity contribution is 7.22. The van der Waals surface area contributed by atoms with Crippen LogP contribution in [0.1, 0.15) is 47.7 Å². The molecule has 1 N–H and O–H groups in total. The summed E-state index contributed by atoms with van der Waals surface area (Å²) in [4.78, 5) is 15.6. The summed E-state index contributed by atoms with van der Waals surface area (Å²) in [6, 6.07) is 21.7. The first-order valence-electron chi connectivity index (χ1n) is 12.4. The zero-order chi connectivity index (χ0) is 24.2. The molecule has 180 valence electrons. The van der Waals surface area contributed by atoms with Gasteiger partial charge in [0.15, 0.2) is 5.78 Å². The van der Waals surface area contributed by atoms with E-state index >= 15 is 0 Å². The van der Waals surface area contributed by atoms with Crippen molar-refractivity contribution >= 4 is 27.2 Å². The van der Waals surface area contributed by atoms with Gasteiger partial charge in [-0.25, -0.2) is 0 Å². The van der Waals surface area contributed by atoms with Crippen LogP contribution in [-0.2, 0) is 6.42 Å². The number of hydrogen-bond acceptors (Lipinski definition) is 5. The first-order valence-corrected chi connectivity index (χ1v) is 13.2. The summed E-state index contributed by atoms with van der Waals surface area (Å²) in [5.41, 5.74) is 4.25. The second-order valence-corrected chi connectivity index (χ2v) is 10.3. The Labute approximate surface area is 210 Å². The van der Waals surface area contributed by atoms with Crippen molar-refractivity contribution in [3.63, 3.8) is 0 Å². The van der Waals surface area contributed by atoms with Crippen LogP contribution in [0.15, 0.2) is 66.7 Å². The van der Waals surface area contributed by atoms with Gasteiger partial charge in [-0.05, 0) is 104 Å². The minimum absolute atomic E-state index is 0.0731. The van der Waals surface area contributed by atoms with Crippen molar-refractivity contribution in [1.82, 2.24) is 4.90 Å². The molecule has 0 spiro atoms. The molecule has 5 heteroatoms. The predicted molar refractivity (Wildman–Crippen MR) is 144 cm³/mol. The van der Waals surface area contributed by atoms with Crippen LogP contribution in [0, 0.1) is 0 Å². The summed E-state index contributed by atoms with van der Waals surface area (Å²) < 4.78 is 7.12. The minimum Gasteiger partial charge on any atom is -0.508 e. The van der Waals surface area contributed by atoms with E-state index in [9.17, 15) is 9.90 Å². The smallest absolute Gasteiger partial charge is 0.159 e. The Kier molecular flexibility index (Phi) is 7.16. The number of ether oxygens (including phenoxy) is 1. The van der Waals surface area contributed by atoms with Gasteiger partial charge in [-0.2, -0.15) is 0 Å². The van der Waals surface area contributed by atoms with Crippen LogP contribution in [0.25, 0.3) is 20.5 Å². The minimum atomic E-state index is 0.0731. The van der Waals surface area contributed by atoms with E-state index in [1.165, 1.54) is 53.7 Å². The molecule has 3 aromatic carbocycles. The lowest BCUT2D eigenvalue weighted by atomic mass is 9.98. The van der Waals surface area contributed by atoms with E-state index < -0.39 is 0 Å². The highest BCUT2D eigenvalue weighted by atomic mass is 32.1. The third kappa shape index (κ3) is 5.58. The molecule has 0 amide bonds.